The van der Waals surface area contributed by atoms with Crippen LogP contribution in [0.2, 0.25) is 0 Å². The number of ether oxygens (including phenoxy) is 2. The number of aromatic nitrogens is 2. The van der Waals surface area contributed by atoms with E-state index in [-0.39, 0.29) is 23.0 Å². The van der Waals surface area contributed by atoms with E-state index in [1.54, 1.807) is 34.6 Å². The van der Waals surface area contributed by atoms with Crippen molar-refractivity contribution in [2.75, 3.05) is 19.0 Å². The van der Waals surface area contributed by atoms with E-state index in [0.717, 1.165) is 18.0 Å². The van der Waals surface area contributed by atoms with Crippen LogP contribution in [0, 0.1) is 12.3 Å². The molecule has 17 heteroatoms. The second-order valence-electron chi connectivity index (χ2n) is 10.5. The van der Waals surface area contributed by atoms with E-state index in [1.165, 1.54) is 13.8 Å². The number of aliphatic hydroxyl groups is 1. The number of aryl methyl sites for hydroxylation is 1. The largest absolute Gasteiger partial charge is 0.462 e. The van der Waals surface area contributed by atoms with Gasteiger partial charge in [0.15, 0.2) is 11.3 Å². The van der Waals surface area contributed by atoms with Gasteiger partial charge in [0.1, 0.15) is 18.2 Å². The number of nitrogens with zero attached hydrogens (tertiary/aromatic N) is 1. The molecule has 2 rings (SSSR count). The number of hydrogen-bond donors (Lipinski definition) is 3. The van der Waals surface area contributed by atoms with Gasteiger partial charge in [-0.05, 0) is 27.7 Å². The van der Waals surface area contributed by atoms with Crippen molar-refractivity contribution in [3.05, 3.63) is 32.6 Å². The highest BCUT2D eigenvalue weighted by molar-refractivity contribution is 8.13. The molecule has 13 nitrogen and oxygen atoms in total. The maximum atomic E-state index is 15.4. The Morgan fingerprint density at radius 3 is 2.52 bits per heavy atom. The lowest BCUT2D eigenvalue weighted by atomic mass is 10.00. The minimum atomic E-state index is -4.36. The first kappa shape index (κ1) is 34.6. The number of aromatic amines is 1. The number of esters is 1. The van der Waals surface area contributed by atoms with Crippen molar-refractivity contribution in [2.24, 2.45) is 5.41 Å². The first-order valence-electron chi connectivity index (χ1n) is 12.4. The van der Waals surface area contributed by atoms with Crippen molar-refractivity contribution >= 4 is 42.2 Å². The number of halogens is 2. The van der Waals surface area contributed by atoms with Crippen LogP contribution in [0.5, 0.6) is 0 Å². The first-order valence-corrected chi connectivity index (χ1v) is 15.3. The molecule has 0 spiro atoms. The molecule has 0 amide bonds. The molecule has 1 aromatic rings. The zero-order chi connectivity index (χ0) is 30.6. The lowest BCUT2D eigenvalue weighted by molar-refractivity contribution is -0.149. The van der Waals surface area contributed by atoms with Gasteiger partial charge in [0, 0.05) is 22.9 Å². The van der Waals surface area contributed by atoms with E-state index < -0.39 is 72.7 Å². The number of carbonyl (C=O) groups is 2. The Hall–Kier alpha value is -1.58. The van der Waals surface area contributed by atoms with Crippen LogP contribution >= 0.6 is 31.1 Å². The highest BCUT2D eigenvalue weighted by Gasteiger charge is 2.58. The quantitative estimate of drug-likeness (QED) is 0.133. The number of hydrogen-bond acceptors (Lipinski definition) is 11. The molecule has 6 atom stereocenters. The molecule has 2 heterocycles. The fourth-order valence-corrected chi connectivity index (χ4v) is 5.97. The lowest BCUT2D eigenvalue weighted by Gasteiger charge is -2.25. The number of thioether (sulfide) groups is 1. The summed E-state index contributed by atoms with van der Waals surface area (Å²) in [6.07, 6.45) is -4.95. The number of rotatable bonds is 12. The van der Waals surface area contributed by atoms with Gasteiger partial charge in [0.05, 0.1) is 19.3 Å². The van der Waals surface area contributed by atoms with Gasteiger partial charge in [0.2, 0.25) is 0 Å². The van der Waals surface area contributed by atoms with E-state index >= 15 is 4.39 Å². The van der Waals surface area contributed by atoms with Gasteiger partial charge in [-0.15, -0.1) is 0 Å². The Labute approximate surface area is 240 Å². The topological polar surface area (TPSA) is 175 Å². The number of alkyl halides is 2. The fourth-order valence-electron chi connectivity index (χ4n) is 3.28. The van der Waals surface area contributed by atoms with Gasteiger partial charge in [-0.3, -0.25) is 33.0 Å². The summed E-state index contributed by atoms with van der Waals surface area (Å²) >= 11 is 6.86. The van der Waals surface area contributed by atoms with Crippen molar-refractivity contribution in [1.82, 2.24) is 14.6 Å². The standard InChI is InChI=1S/C23H36ClFN3O10PS/c1-12(2)37-18(31)14(4)27-39(34,35-8-9-40-20(32)22(5,6)7)36-11-15-16(29)23(24,25)19(38-15)28-10-13(3)17(30)26-21(28)33/h10,12,14-16,19,29H,8-9,11H2,1-7H3,(H,27,34)(H,26,30,33)/t14-,15-,16-,19-,23+,39?/m1/s1. The summed E-state index contributed by atoms with van der Waals surface area (Å²) < 4.78 is 51.0. The van der Waals surface area contributed by atoms with Crippen LogP contribution in [0.1, 0.15) is 53.3 Å². The first-order chi connectivity index (χ1) is 18.3. The lowest BCUT2D eigenvalue weighted by Crippen LogP contribution is -2.42. The Balaban J connectivity index is 2.19. The average molecular weight is 632 g/mol. The molecular weight excluding hydrogens is 596 g/mol. The number of aliphatic hydroxyl groups excluding tert-OH is 1. The molecule has 1 aromatic heterocycles. The van der Waals surface area contributed by atoms with Gasteiger partial charge in [-0.2, -0.15) is 0 Å². The highest BCUT2D eigenvalue weighted by atomic mass is 35.5. The molecule has 1 aliphatic heterocycles. The highest BCUT2D eigenvalue weighted by Crippen LogP contribution is 2.48. The van der Waals surface area contributed by atoms with Gasteiger partial charge in [-0.25, -0.2) is 18.8 Å². The average Bonchev–Trinajstić information content (AvgIpc) is 3.05. The van der Waals surface area contributed by atoms with E-state index in [0.29, 0.717) is 4.57 Å². The maximum absolute atomic E-state index is 15.4. The van der Waals surface area contributed by atoms with Crippen LogP contribution < -0.4 is 16.3 Å². The van der Waals surface area contributed by atoms with Crippen LogP contribution in [0.4, 0.5) is 4.39 Å². The second-order valence-corrected chi connectivity index (χ2v) is 13.9. The zero-order valence-electron chi connectivity index (χ0n) is 23.3. The van der Waals surface area contributed by atoms with Crippen molar-refractivity contribution in [1.29, 1.82) is 0 Å². The monoisotopic (exact) mass is 631 g/mol. The summed E-state index contributed by atoms with van der Waals surface area (Å²) in [5.74, 6) is -0.655. The van der Waals surface area contributed by atoms with Crippen molar-refractivity contribution in [3.8, 4) is 0 Å². The molecule has 1 saturated heterocycles. The number of carbonyl (C=O) groups excluding carboxylic acids is 2. The fraction of sp³-hybridized carbons (Fsp3) is 0.739. The third-order valence-corrected chi connectivity index (χ3v) is 8.80. The molecular formula is C23H36ClFN3O10PS. The Morgan fingerprint density at radius 2 is 1.95 bits per heavy atom. The van der Waals surface area contributed by atoms with E-state index in [9.17, 15) is 28.8 Å². The predicted molar refractivity (Wildman–Crippen MR) is 146 cm³/mol. The van der Waals surface area contributed by atoms with Crippen molar-refractivity contribution in [3.63, 3.8) is 0 Å². The van der Waals surface area contributed by atoms with E-state index in [1.807, 2.05) is 4.98 Å². The Bertz CT molecular complexity index is 1230. The Kier molecular flexibility index (Phi) is 11.8. The predicted octanol–water partition coefficient (Wildman–Crippen LogP) is 2.38. The normalized spacial score (nSPS) is 25.5. The molecule has 0 bridgehead atoms. The minimum absolute atomic E-state index is 0.0528. The molecule has 1 unspecified atom stereocenters. The van der Waals surface area contributed by atoms with Crippen molar-refractivity contribution in [2.45, 2.75) is 84.2 Å². The van der Waals surface area contributed by atoms with Crippen LogP contribution in [0.15, 0.2) is 15.8 Å². The van der Waals surface area contributed by atoms with Gasteiger partial charge in [-0.1, -0.05) is 44.1 Å². The molecule has 0 saturated carbocycles. The summed E-state index contributed by atoms with van der Waals surface area (Å²) in [6.45, 7) is 10.2. The van der Waals surface area contributed by atoms with Gasteiger partial charge < -0.3 is 14.6 Å². The third kappa shape index (κ3) is 8.96. The summed E-state index contributed by atoms with van der Waals surface area (Å²) in [7, 11) is -4.36. The van der Waals surface area contributed by atoms with E-state index in [2.05, 4.69) is 5.09 Å². The summed E-state index contributed by atoms with van der Waals surface area (Å²) in [5.41, 5.74) is -2.29. The number of H-pyrrole nitrogens is 1. The third-order valence-electron chi connectivity index (χ3n) is 5.43. The van der Waals surface area contributed by atoms with Crippen LogP contribution in [-0.4, -0.2) is 74.2 Å². The summed E-state index contributed by atoms with van der Waals surface area (Å²) in [5, 5.41) is 9.77. The molecule has 0 radical (unpaired) electrons. The molecule has 0 aliphatic carbocycles. The molecule has 1 fully saturated rings. The zero-order valence-corrected chi connectivity index (χ0v) is 25.7. The molecule has 1 aliphatic rings. The smallest absolute Gasteiger partial charge is 0.406 e. The molecule has 0 aromatic carbocycles. The summed E-state index contributed by atoms with van der Waals surface area (Å²) in [6, 6.07) is -1.17. The van der Waals surface area contributed by atoms with Gasteiger partial charge >= 0.3 is 19.4 Å². The summed E-state index contributed by atoms with van der Waals surface area (Å²) in [4.78, 5) is 50.4. The van der Waals surface area contributed by atoms with E-state index in [4.69, 9.17) is 30.1 Å². The van der Waals surface area contributed by atoms with Gasteiger partial charge in [0.25, 0.3) is 10.7 Å². The SMILES string of the molecule is Cc1cn([C@@H]2O[C@H](COP(=O)(N[C@H](C)C(=O)OC(C)C)OCCSC(=O)C(C)(C)C)[C@@H](O)[C@@]2(F)Cl)c(=O)[nH]c1=O. The molecule has 3 N–H and O–H groups in total. The molecule has 40 heavy (non-hydrogen) atoms. The van der Waals surface area contributed by atoms with Crippen molar-refractivity contribution < 1.29 is 42.2 Å². The van der Waals surface area contributed by atoms with Crippen LogP contribution in [0.25, 0.3) is 0 Å². The molecule has 228 valence electrons. The second kappa shape index (κ2) is 13.6. The van der Waals surface area contributed by atoms with Crippen LogP contribution in [-0.2, 0) is 32.7 Å². The van der Waals surface area contributed by atoms with Crippen LogP contribution in [0.3, 0.4) is 0 Å². The number of nitrogens with one attached hydrogen (secondary N) is 2. The minimum Gasteiger partial charge on any atom is -0.462 e. The maximum Gasteiger partial charge on any atom is 0.406 e. The Morgan fingerprint density at radius 1 is 1.32 bits per heavy atom.